The summed E-state index contributed by atoms with van der Waals surface area (Å²) in [5.41, 5.74) is 0.934. The molecule has 0 aliphatic heterocycles. The van der Waals surface area contributed by atoms with E-state index in [9.17, 15) is 9.90 Å². The van der Waals surface area contributed by atoms with Gasteiger partial charge < -0.3 is 9.84 Å². The van der Waals surface area contributed by atoms with Crippen LogP contribution in [0.4, 0.5) is 0 Å². The van der Waals surface area contributed by atoms with Crippen molar-refractivity contribution in [3.63, 3.8) is 0 Å². The number of hydrogen-bond acceptors (Lipinski definition) is 3. The third-order valence-electron chi connectivity index (χ3n) is 10.5. The number of rotatable bonds is 5. The molecule has 0 radical (unpaired) electrons. The molecule has 4 aliphatic rings. The molecular weight excluding hydrogens is 360 g/mol. The predicted octanol–water partition coefficient (Wildman–Crippen LogP) is 5.99. The molecule has 3 heteroatoms. The van der Waals surface area contributed by atoms with E-state index in [0.29, 0.717) is 29.8 Å². The van der Waals surface area contributed by atoms with Gasteiger partial charge in [0, 0.05) is 6.42 Å². The average Bonchev–Trinajstić information content (AvgIpc) is 3.04. The molecule has 3 nitrogen and oxygen atoms in total. The Morgan fingerprint density at radius 2 is 1.76 bits per heavy atom. The van der Waals surface area contributed by atoms with Gasteiger partial charge in [-0.2, -0.15) is 0 Å². The Hall–Kier alpha value is -0.570. The largest absolute Gasteiger partial charge is 0.466 e. The van der Waals surface area contributed by atoms with Gasteiger partial charge in [0.15, 0.2) is 0 Å². The number of aliphatic hydroxyl groups is 1. The molecule has 1 N–H and O–H groups in total. The summed E-state index contributed by atoms with van der Waals surface area (Å²) in [6, 6.07) is 0. The number of esters is 1. The highest BCUT2D eigenvalue weighted by Gasteiger charge is 2.60. The monoisotopic (exact) mass is 404 g/mol. The SMILES string of the molecule is CCOC(=O)CC[C@@H](C)[C@H]1CCC2C3CC[C@@H]4C[C@H](O)CC[C@]4(C)C3CC[C@@]21C. The molecule has 0 spiro atoms. The summed E-state index contributed by atoms with van der Waals surface area (Å²) in [4.78, 5) is 11.9. The molecule has 0 aromatic heterocycles. The molecule has 9 atom stereocenters. The van der Waals surface area contributed by atoms with Crippen LogP contribution in [0.25, 0.3) is 0 Å². The lowest BCUT2D eigenvalue weighted by atomic mass is 9.44. The molecule has 4 saturated carbocycles. The van der Waals surface area contributed by atoms with E-state index in [0.717, 1.165) is 48.9 Å². The molecule has 0 aromatic carbocycles. The first-order valence-electron chi connectivity index (χ1n) is 12.6. The van der Waals surface area contributed by atoms with E-state index in [1.165, 1.54) is 44.9 Å². The van der Waals surface area contributed by atoms with Crippen LogP contribution in [0.2, 0.25) is 0 Å². The summed E-state index contributed by atoms with van der Waals surface area (Å²) in [6.45, 7) is 9.97. The zero-order valence-corrected chi connectivity index (χ0v) is 19.3. The first-order valence-corrected chi connectivity index (χ1v) is 12.6. The third kappa shape index (κ3) is 3.68. The maximum Gasteiger partial charge on any atom is 0.305 e. The maximum absolute atomic E-state index is 11.9. The van der Waals surface area contributed by atoms with Crippen LogP contribution in [0.5, 0.6) is 0 Å². The van der Waals surface area contributed by atoms with Crippen molar-refractivity contribution in [1.82, 2.24) is 0 Å². The van der Waals surface area contributed by atoms with Gasteiger partial charge >= 0.3 is 5.97 Å². The third-order valence-corrected chi connectivity index (χ3v) is 10.5. The van der Waals surface area contributed by atoms with Gasteiger partial charge in [-0.15, -0.1) is 0 Å². The van der Waals surface area contributed by atoms with Crippen LogP contribution in [0.3, 0.4) is 0 Å². The van der Waals surface area contributed by atoms with E-state index >= 15 is 0 Å². The second kappa shape index (κ2) is 8.17. The fraction of sp³-hybridized carbons (Fsp3) is 0.962. The summed E-state index contributed by atoms with van der Waals surface area (Å²) in [7, 11) is 0. The molecular formula is C26H44O3. The maximum atomic E-state index is 11.9. The van der Waals surface area contributed by atoms with Gasteiger partial charge in [-0.05, 0) is 117 Å². The van der Waals surface area contributed by atoms with Crippen LogP contribution in [-0.2, 0) is 9.53 Å². The van der Waals surface area contributed by atoms with Gasteiger partial charge in [0.25, 0.3) is 0 Å². The number of carbonyl (C=O) groups is 1. The molecule has 0 heterocycles. The minimum absolute atomic E-state index is 0.0199. The fourth-order valence-electron chi connectivity index (χ4n) is 8.99. The van der Waals surface area contributed by atoms with Crippen molar-refractivity contribution >= 4 is 5.97 Å². The van der Waals surface area contributed by atoms with Crippen molar-refractivity contribution in [2.45, 2.75) is 104 Å². The Balaban J connectivity index is 1.45. The lowest BCUT2D eigenvalue weighted by molar-refractivity contribution is -0.144. The molecule has 4 aliphatic carbocycles. The Morgan fingerprint density at radius 1 is 1.03 bits per heavy atom. The lowest BCUT2D eigenvalue weighted by Gasteiger charge is -2.61. The summed E-state index contributed by atoms with van der Waals surface area (Å²) < 4.78 is 5.17. The fourth-order valence-corrected chi connectivity index (χ4v) is 8.99. The quantitative estimate of drug-likeness (QED) is 0.573. The highest BCUT2D eigenvalue weighted by molar-refractivity contribution is 5.69. The predicted molar refractivity (Wildman–Crippen MR) is 116 cm³/mol. The smallest absolute Gasteiger partial charge is 0.305 e. The Bertz CT molecular complexity index is 603. The number of fused-ring (bicyclic) bond motifs is 5. The van der Waals surface area contributed by atoms with Crippen molar-refractivity contribution in [2.75, 3.05) is 6.61 Å². The molecule has 29 heavy (non-hydrogen) atoms. The van der Waals surface area contributed by atoms with Crippen LogP contribution in [0, 0.1) is 46.3 Å². The molecule has 4 rings (SSSR count). The molecule has 0 amide bonds. The van der Waals surface area contributed by atoms with Gasteiger partial charge in [0.05, 0.1) is 12.7 Å². The van der Waals surface area contributed by atoms with Crippen molar-refractivity contribution in [3.8, 4) is 0 Å². The summed E-state index contributed by atoms with van der Waals surface area (Å²) in [6.07, 6.45) is 13.1. The Labute approximate surface area is 178 Å². The normalized spacial score (nSPS) is 47.6. The molecule has 0 saturated heterocycles. The van der Waals surface area contributed by atoms with Gasteiger partial charge in [0.1, 0.15) is 0 Å². The van der Waals surface area contributed by atoms with Crippen LogP contribution >= 0.6 is 0 Å². The van der Waals surface area contributed by atoms with Crippen LogP contribution in [-0.4, -0.2) is 23.8 Å². The Kier molecular flexibility index (Phi) is 6.10. The highest BCUT2D eigenvalue weighted by Crippen LogP contribution is 2.68. The molecule has 166 valence electrons. The van der Waals surface area contributed by atoms with Gasteiger partial charge in [0.2, 0.25) is 0 Å². The number of aliphatic hydroxyl groups excluding tert-OH is 1. The van der Waals surface area contributed by atoms with Crippen LogP contribution in [0.1, 0.15) is 98.3 Å². The molecule has 4 fully saturated rings. The standard InChI is InChI=1S/C26H44O3/c1-5-29-24(28)11-6-17(2)21-9-10-22-20-8-7-18-16-19(27)12-14-25(18,3)23(20)13-15-26(21,22)4/h17-23,27H,5-16H2,1-4H3/t17-,18-,19-,20?,21-,22?,23?,25+,26-/m1/s1. The Morgan fingerprint density at radius 3 is 2.52 bits per heavy atom. The van der Waals surface area contributed by atoms with Gasteiger partial charge in [-0.3, -0.25) is 4.79 Å². The summed E-state index contributed by atoms with van der Waals surface area (Å²) >= 11 is 0. The van der Waals surface area contributed by atoms with E-state index in [1.807, 2.05) is 6.92 Å². The van der Waals surface area contributed by atoms with Crippen molar-refractivity contribution in [1.29, 1.82) is 0 Å². The minimum Gasteiger partial charge on any atom is -0.466 e. The number of ether oxygens (including phenoxy) is 1. The lowest BCUT2D eigenvalue weighted by Crippen LogP contribution is -2.54. The van der Waals surface area contributed by atoms with Crippen molar-refractivity contribution in [3.05, 3.63) is 0 Å². The zero-order chi connectivity index (χ0) is 20.8. The summed E-state index contributed by atoms with van der Waals surface area (Å²) in [5, 5.41) is 10.2. The summed E-state index contributed by atoms with van der Waals surface area (Å²) in [5.74, 6) is 4.75. The molecule has 0 aromatic rings. The van der Waals surface area contributed by atoms with E-state index in [1.54, 1.807) is 0 Å². The number of hydrogen-bond donors (Lipinski definition) is 1. The highest BCUT2D eigenvalue weighted by atomic mass is 16.5. The van der Waals surface area contributed by atoms with E-state index < -0.39 is 0 Å². The average molecular weight is 405 g/mol. The molecule has 3 unspecified atom stereocenters. The van der Waals surface area contributed by atoms with Crippen molar-refractivity contribution in [2.24, 2.45) is 46.3 Å². The first kappa shape index (κ1) is 21.7. The van der Waals surface area contributed by atoms with Crippen LogP contribution in [0.15, 0.2) is 0 Å². The van der Waals surface area contributed by atoms with Crippen LogP contribution < -0.4 is 0 Å². The first-order chi connectivity index (χ1) is 13.8. The second-order valence-electron chi connectivity index (χ2n) is 11.6. The van der Waals surface area contributed by atoms with Gasteiger partial charge in [-0.1, -0.05) is 20.8 Å². The van der Waals surface area contributed by atoms with Crippen molar-refractivity contribution < 1.29 is 14.6 Å². The zero-order valence-electron chi connectivity index (χ0n) is 19.3. The van der Waals surface area contributed by atoms with E-state index in [-0.39, 0.29) is 12.1 Å². The number of carbonyl (C=O) groups excluding carboxylic acids is 1. The van der Waals surface area contributed by atoms with E-state index in [2.05, 4.69) is 20.8 Å². The van der Waals surface area contributed by atoms with E-state index in [4.69, 9.17) is 4.74 Å². The second-order valence-corrected chi connectivity index (χ2v) is 11.6. The minimum atomic E-state index is -0.0467. The topological polar surface area (TPSA) is 46.5 Å². The molecule has 0 bridgehead atoms. The van der Waals surface area contributed by atoms with Gasteiger partial charge in [-0.25, -0.2) is 0 Å².